The van der Waals surface area contributed by atoms with Gasteiger partial charge in [-0.2, -0.15) is 5.26 Å². The van der Waals surface area contributed by atoms with Gasteiger partial charge in [-0.15, -0.1) is 0 Å². The van der Waals surface area contributed by atoms with Crippen LogP contribution in [0.1, 0.15) is 16.7 Å². The van der Waals surface area contributed by atoms with Crippen LogP contribution >= 0.6 is 0 Å². The monoisotopic (exact) mass is 335 g/mol. The van der Waals surface area contributed by atoms with Crippen LogP contribution in [0, 0.1) is 11.3 Å². The van der Waals surface area contributed by atoms with Crippen LogP contribution in [0.15, 0.2) is 78.9 Å². The first-order chi connectivity index (χ1) is 12.8. The summed E-state index contributed by atoms with van der Waals surface area (Å²) >= 11 is 0. The number of nitrogens with zero attached hydrogens (tertiary/aromatic N) is 1. The summed E-state index contributed by atoms with van der Waals surface area (Å²) in [4.78, 5) is 0. The number of hydrogen-bond acceptors (Lipinski definition) is 2. The van der Waals surface area contributed by atoms with Gasteiger partial charge in [0.15, 0.2) is 0 Å². The molecule has 0 spiro atoms. The lowest BCUT2D eigenvalue weighted by molar-refractivity contribution is 0.282. The van der Waals surface area contributed by atoms with E-state index in [1.807, 2.05) is 54.6 Å². The summed E-state index contributed by atoms with van der Waals surface area (Å²) in [6, 6.07) is 28.5. The Bertz CT molecular complexity index is 1110. The minimum absolute atomic E-state index is 0.000157. The van der Waals surface area contributed by atoms with E-state index in [2.05, 4.69) is 36.4 Å². The van der Waals surface area contributed by atoms with E-state index < -0.39 is 0 Å². The van der Waals surface area contributed by atoms with Crippen LogP contribution in [0.2, 0.25) is 0 Å². The van der Waals surface area contributed by atoms with Gasteiger partial charge in [0.2, 0.25) is 0 Å². The number of hydrogen-bond donors (Lipinski definition) is 1. The maximum absolute atomic E-state index is 9.74. The van der Waals surface area contributed by atoms with Crippen molar-refractivity contribution < 1.29 is 5.11 Å². The van der Waals surface area contributed by atoms with E-state index in [9.17, 15) is 10.4 Å². The summed E-state index contributed by atoms with van der Waals surface area (Å²) in [5, 5.41) is 23.5. The zero-order chi connectivity index (χ0) is 17.9. The first kappa shape index (κ1) is 16.1. The fraction of sp³-hybridized carbons (Fsp3) is 0.0417. The molecule has 0 aromatic heterocycles. The molecule has 0 fully saturated rings. The van der Waals surface area contributed by atoms with Crippen LogP contribution < -0.4 is 0 Å². The van der Waals surface area contributed by atoms with Gasteiger partial charge in [-0.05, 0) is 50.4 Å². The average Bonchev–Trinajstić information content (AvgIpc) is 2.71. The quantitative estimate of drug-likeness (QED) is 0.303. The van der Waals surface area contributed by atoms with Gasteiger partial charge in [-0.1, -0.05) is 72.8 Å². The third-order valence-electron chi connectivity index (χ3n) is 4.67. The molecule has 0 aliphatic heterocycles. The molecule has 4 rings (SSSR count). The standard InChI is InChI=1S/C24H17NO/c25-15-21(18-11-9-17(16-26)10-12-18)14-24-22-7-3-1-5-19(22)13-20-6-2-4-8-23(20)24/h1-14,26H,16H2/b21-14-. The smallest absolute Gasteiger partial charge is 0.0998 e. The molecule has 0 saturated heterocycles. The lowest BCUT2D eigenvalue weighted by Gasteiger charge is -2.09. The lowest BCUT2D eigenvalue weighted by atomic mass is 9.94. The second-order valence-electron chi connectivity index (χ2n) is 6.26. The largest absolute Gasteiger partial charge is 0.392 e. The number of benzene rings is 4. The van der Waals surface area contributed by atoms with E-state index in [4.69, 9.17) is 0 Å². The SMILES string of the molecule is N#C/C(=C/c1c2ccccc2cc2ccccc12)c1ccc(CO)cc1. The third-order valence-corrected chi connectivity index (χ3v) is 4.67. The van der Waals surface area contributed by atoms with E-state index >= 15 is 0 Å². The molecule has 2 heteroatoms. The summed E-state index contributed by atoms with van der Waals surface area (Å²) in [7, 11) is 0. The Morgan fingerprint density at radius 3 is 1.96 bits per heavy atom. The average molecular weight is 335 g/mol. The highest BCUT2D eigenvalue weighted by atomic mass is 16.3. The van der Waals surface area contributed by atoms with Gasteiger partial charge >= 0.3 is 0 Å². The highest BCUT2D eigenvalue weighted by Crippen LogP contribution is 2.31. The van der Waals surface area contributed by atoms with Gasteiger partial charge in [0, 0.05) is 0 Å². The molecule has 0 amide bonds. The van der Waals surface area contributed by atoms with E-state index in [-0.39, 0.29) is 6.61 Å². The van der Waals surface area contributed by atoms with E-state index in [0.717, 1.165) is 38.2 Å². The maximum Gasteiger partial charge on any atom is 0.0998 e. The van der Waals surface area contributed by atoms with E-state index in [1.54, 1.807) is 0 Å². The van der Waals surface area contributed by atoms with Crippen molar-refractivity contribution in [1.82, 2.24) is 0 Å². The molecule has 2 nitrogen and oxygen atoms in total. The highest BCUT2D eigenvalue weighted by Gasteiger charge is 2.08. The molecular weight excluding hydrogens is 318 g/mol. The van der Waals surface area contributed by atoms with Crippen LogP contribution in [0.25, 0.3) is 33.2 Å². The zero-order valence-corrected chi connectivity index (χ0v) is 14.2. The van der Waals surface area contributed by atoms with E-state index in [1.165, 1.54) is 0 Å². The number of rotatable bonds is 3. The number of fused-ring (bicyclic) bond motifs is 2. The second-order valence-corrected chi connectivity index (χ2v) is 6.26. The zero-order valence-electron chi connectivity index (χ0n) is 14.2. The number of nitriles is 1. The lowest BCUT2D eigenvalue weighted by Crippen LogP contribution is -1.88. The molecule has 0 bridgehead atoms. The van der Waals surface area contributed by atoms with Crippen LogP contribution in [-0.2, 0) is 6.61 Å². The molecule has 124 valence electrons. The summed E-state index contributed by atoms with van der Waals surface area (Å²) in [5.41, 5.74) is 3.35. The number of allylic oxidation sites excluding steroid dienone is 1. The van der Waals surface area contributed by atoms with Crippen LogP contribution in [0.3, 0.4) is 0 Å². The highest BCUT2D eigenvalue weighted by molar-refractivity contribution is 6.10. The van der Waals surface area contributed by atoms with Crippen molar-refractivity contribution in [2.45, 2.75) is 6.61 Å². The third kappa shape index (κ3) is 2.86. The van der Waals surface area contributed by atoms with Crippen LogP contribution in [0.4, 0.5) is 0 Å². The van der Waals surface area contributed by atoms with Crippen molar-refractivity contribution in [1.29, 1.82) is 5.26 Å². The molecule has 0 saturated carbocycles. The summed E-state index contributed by atoms with van der Waals surface area (Å²) in [6.45, 7) is -0.000157. The molecule has 0 heterocycles. The molecule has 4 aromatic carbocycles. The molecular formula is C24H17NO. The Morgan fingerprint density at radius 2 is 1.42 bits per heavy atom. The molecule has 0 atom stereocenters. The normalized spacial score (nSPS) is 11.6. The molecule has 0 aliphatic carbocycles. The van der Waals surface area contributed by atoms with Gasteiger partial charge in [0.25, 0.3) is 0 Å². The molecule has 4 aromatic rings. The molecule has 26 heavy (non-hydrogen) atoms. The second kappa shape index (κ2) is 6.84. The van der Waals surface area contributed by atoms with Crippen molar-refractivity contribution in [2.24, 2.45) is 0 Å². The molecule has 1 N–H and O–H groups in total. The van der Waals surface area contributed by atoms with Crippen molar-refractivity contribution in [3.05, 3.63) is 95.6 Å². The first-order valence-electron chi connectivity index (χ1n) is 8.52. The molecule has 0 unspecified atom stereocenters. The van der Waals surface area contributed by atoms with Gasteiger partial charge in [0.05, 0.1) is 18.2 Å². The van der Waals surface area contributed by atoms with Gasteiger partial charge in [-0.3, -0.25) is 0 Å². The minimum Gasteiger partial charge on any atom is -0.392 e. The van der Waals surface area contributed by atoms with Crippen LogP contribution in [0.5, 0.6) is 0 Å². The summed E-state index contributed by atoms with van der Waals surface area (Å²) in [5.74, 6) is 0. The maximum atomic E-state index is 9.74. The predicted molar refractivity (Wildman–Crippen MR) is 107 cm³/mol. The minimum atomic E-state index is -0.000157. The number of aliphatic hydroxyl groups is 1. The van der Waals surface area contributed by atoms with Crippen molar-refractivity contribution >= 4 is 33.2 Å². The molecule has 0 aliphatic rings. The predicted octanol–water partition coefficient (Wildman–Crippen LogP) is 5.55. The van der Waals surface area contributed by atoms with Crippen molar-refractivity contribution in [2.75, 3.05) is 0 Å². The van der Waals surface area contributed by atoms with Gasteiger partial charge in [-0.25, -0.2) is 0 Å². The Labute approximate surface area is 152 Å². The molecule has 0 radical (unpaired) electrons. The van der Waals surface area contributed by atoms with Crippen molar-refractivity contribution in [3.8, 4) is 6.07 Å². The van der Waals surface area contributed by atoms with Crippen molar-refractivity contribution in [3.63, 3.8) is 0 Å². The van der Waals surface area contributed by atoms with Gasteiger partial charge < -0.3 is 5.11 Å². The number of aliphatic hydroxyl groups excluding tert-OH is 1. The Balaban J connectivity index is 1.98. The summed E-state index contributed by atoms with van der Waals surface area (Å²) < 4.78 is 0. The topological polar surface area (TPSA) is 44.0 Å². The fourth-order valence-electron chi connectivity index (χ4n) is 3.32. The Morgan fingerprint density at radius 1 is 0.846 bits per heavy atom. The fourth-order valence-corrected chi connectivity index (χ4v) is 3.32. The first-order valence-corrected chi connectivity index (χ1v) is 8.52. The Kier molecular flexibility index (Phi) is 4.23. The Hall–Kier alpha value is -3.41. The van der Waals surface area contributed by atoms with Crippen LogP contribution in [-0.4, -0.2) is 5.11 Å². The van der Waals surface area contributed by atoms with E-state index in [0.29, 0.717) is 5.57 Å². The summed E-state index contributed by atoms with van der Waals surface area (Å²) in [6.07, 6.45) is 1.97. The van der Waals surface area contributed by atoms with Gasteiger partial charge in [0.1, 0.15) is 0 Å².